The van der Waals surface area contributed by atoms with Gasteiger partial charge in [-0.05, 0) is 37.8 Å². The highest BCUT2D eigenvalue weighted by Crippen LogP contribution is 2.30. The number of piperazine rings is 1. The fourth-order valence-corrected chi connectivity index (χ4v) is 2.80. The van der Waals surface area contributed by atoms with Gasteiger partial charge in [-0.25, -0.2) is 4.98 Å². The summed E-state index contributed by atoms with van der Waals surface area (Å²) >= 11 is 0. The number of aryl methyl sites for hydroxylation is 1. The van der Waals surface area contributed by atoms with Gasteiger partial charge < -0.3 is 10.6 Å². The molecule has 1 aliphatic carbocycles. The molecule has 20 heavy (non-hydrogen) atoms. The van der Waals surface area contributed by atoms with Crippen molar-refractivity contribution in [1.29, 1.82) is 5.41 Å². The van der Waals surface area contributed by atoms with Crippen LogP contribution in [0.25, 0.3) is 0 Å². The summed E-state index contributed by atoms with van der Waals surface area (Å²) in [5.41, 5.74) is 7.41. The van der Waals surface area contributed by atoms with Crippen LogP contribution >= 0.6 is 0 Å². The minimum Gasteiger partial charge on any atom is -0.384 e. The third-order valence-corrected chi connectivity index (χ3v) is 4.19. The zero-order valence-corrected chi connectivity index (χ0v) is 12.1. The quantitative estimate of drug-likeness (QED) is 0.639. The fourth-order valence-electron chi connectivity index (χ4n) is 2.80. The van der Waals surface area contributed by atoms with Gasteiger partial charge in [0, 0.05) is 38.4 Å². The number of nitrogens with one attached hydrogen (secondary N) is 1. The first-order valence-electron chi connectivity index (χ1n) is 7.43. The zero-order chi connectivity index (χ0) is 14.1. The van der Waals surface area contributed by atoms with Gasteiger partial charge in [-0.1, -0.05) is 0 Å². The Kier molecular flexibility index (Phi) is 3.61. The van der Waals surface area contributed by atoms with Crippen LogP contribution in [0.4, 0.5) is 5.82 Å². The van der Waals surface area contributed by atoms with Crippen molar-refractivity contribution in [2.75, 3.05) is 37.6 Å². The molecule has 1 aromatic heterocycles. The van der Waals surface area contributed by atoms with Crippen LogP contribution in [-0.4, -0.2) is 48.4 Å². The van der Waals surface area contributed by atoms with E-state index in [1.807, 2.05) is 19.1 Å². The van der Waals surface area contributed by atoms with Crippen molar-refractivity contribution >= 4 is 11.7 Å². The third-order valence-electron chi connectivity index (χ3n) is 4.19. The molecule has 0 aromatic carbocycles. The number of anilines is 1. The molecule has 3 rings (SSSR count). The van der Waals surface area contributed by atoms with E-state index < -0.39 is 0 Å². The molecular weight excluding hydrogens is 250 g/mol. The van der Waals surface area contributed by atoms with Crippen LogP contribution in [0.15, 0.2) is 12.1 Å². The number of pyridine rings is 1. The maximum absolute atomic E-state index is 7.71. The molecule has 0 bridgehead atoms. The second-order valence-corrected chi connectivity index (χ2v) is 5.97. The predicted molar refractivity (Wildman–Crippen MR) is 81.4 cm³/mol. The van der Waals surface area contributed by atoms with E-state index in [9.17, 15) is 0 Å². The third kappa shape index (κ3) is 2.93. The lowest BCUT2D eigenvalue weighted by Crippen LogP contribution is -2.47. The standard InChI is InChI=1S/C15H23N5/c1-11-2-5-13(14(16)17)15(18-11)20-8-6-19(7-9-20)10-12-3-4-12/h2,5,12H,3-4,6-10H2,1H3,(H3,16,17). The molecule has 0 atom stereocenters. The van der Waals surface area contributed by atoms with Crippen molar-refractivity contribution in [3.8, 4) is 0 Å². The molecule has 5 nitrogen and oxygen atoms in total. The molecule has 0 amide bonds. The maximum atomic E-state index is 7.71. The molecule has 2 fully saturated rings. The highest BCUT2D eigenvalue weighted by atomic mass is 15.3. The van der Waals surface area contributed by atoms with Crippen LogP contribution in [0.2, 0.25) is 0 Å². The molecular formula is C15H23N5. The molecule has 1 saturated heterocycles. The first-order valence-corrected chi connectivity index (χ1v) is 7.43. The van der Waals surface area contributed by atoms with Crippen molar-refractivity contribution in [3.63, 3.8) is 0 Å². The van der Waals surface area contributed by atoms with E-state index >= 15 is 0 Å². The van der Waals surface area contributed by atoms with E-state index in [2.05, 4.69) is 14.8 Å². The van der Waals surface area contributed by atoms with Crippen molar-refractivity contribution in [3.05, 3.63) is 23.4 Å². The van der Waals surface area contributed by atoms with Crippen LogP contribution in [0.5, 0.6) is 0 Å². The number of amidine groups is 1. The summed E-state index contributed by atoms with van der Waals surface area (Å²) in [4.78, 5) is 9.43. The van der Waals surface area contributed by atoms with Gasteiger partial charge in [0.25, 0.3) is 0 Å². The van der Waals surface area contributed by atoms with Crippen molar-refractivity contribution in [1.82, 2.24) is 9.88 Å². The average molecular weight is 273 g/mol. The molecule has 1 aromatic rings. The second-order valence-electron chi connectivity index (χ2n) is 5.97. The first kappa shape index (κ1) is 13.4. The van der Waals surface area contributed by atoms with E-state index in [1.54, 1.807) is 0 Å². The molecule has 3 N–H and O–H groups in total. The number of rotatable bonds is 4. The highest BCUT2D eigenvalue weighted by Gasteiger charge is 2.27. The van der Waals surface area contributed by atoms with Crippen LogP contribution in [0.1, 0.15) is 24.1 Å². The summed E-state index contributed by atoms with van der Waals surface area (Å²) in [7, 11) is 0. The van der Waals surface area contributed by atoms with Gasteiger partial charge in [-0.2, -0.15) is 0 Å². The van der Waals surface area contributed by atoms with Gasteiger partial charge in [0.05, 0.1) is 5.56 Å². The molecule has 1 saturated carbocycles. The number of nitrogens with zero attached hydrogens (tertiary/aromatic N) is 3. The lowest BCUT2D eigenvalue weighted by molar-refractivity contribution is 0.247. The maximum Gasteiger partial charge on any atom is 0.139 e. The Balaban J connectivity index is 1.70. The summed E-state index contributed by atoms with van der Waals surface area (Å²) in [5, 5.41) is 7.71. The van der Waals surface area contributed by atoms with Gasteiger partial charge in [0.1, 0.15) is 11.7 Å². The normalized spacial score (nSPS) is 20.1. The highest BCUT2D eigenvalue weighted by molar-refractivity contribution is 5.99. The van der Waals surface area contributed by atoms with Crippen LogP contribution in [-0.2, 0) is 0 Å². The molecule has 0 radical (unpaired) electrons. The van der Waals surface area contributed by atoms with Crippen LogP contribution < -0.4 is 10.6 Å². The summed E-state index contributed by atoms with van der Waals surface area (Å²) in [6, 6.07) is 3.83. The minimum absolute atomic E-state index is 0.105. The van der Waals surface area contributed by atoms with E-state index in [-0.39, 0.29) is 5.84 Å². The molecule has 108 valence electrons. The average Bonchev–Trinajstić information content (AvgIpc) is 3.23. The summed E-state index contributed by atoms with van der Waals surface area (Å²) in [6.45, 7) is 7.37. The van der Waals surface area contributed by atoms with E-state index in [0.717, 1.165) is 49.2 Å². The number of hydrogen-bond acceptors (Lipinski definition) is 4. The number of nitrogen functional groups attached to an aromatic ring is 1. The van der Waals surface area contributed by atoms with Crippen LogP contribution in [0, 0.1) is 18.3 Å². The molecule has 0 spiro atoms. The summed E-state index contributed by atoms with van der Waals surface area (Å²) in [6.07, 6.45) is 2.82. The fraction of sp³-hybridized carbons (Fsp3) is 0.600. The Morgan fingerprint density at radius 3 is 2.60 bits per heavy atom. The first-order chi connectivity index (χ1) is 9.63. The molecule has 1 aliphatic heterocycles. The Bertz CT molecular complexity index is 501. The predicted octanol–water partition coefficient (Wildman–Crippen LogP) is 1.21. The van der Waals surface area contributed by atoms with E-state index in [0.29, 0.717) is 0 Å². The van der Waals surface area contributed by atoms with Crippen molar-refractivity contribution < 1.29 is 0 Å². The number of nitrogens with two attached hydrogens (primary N) is 1. The zero-order valence-electron chi connectivity index (χ0n) is 12.1. The molecule has 2 heterocycles. The van der Waals surface area contributed by atoms with Crippen molar-refractivity contribution in [2.24, 2.45) is 11.7 Å². The Labute approximate surface area is 120 Å². The summed E-state index contributed by atoms with van der Waals surface area (Å²) < 4.78 is 0. The largest absolute Gasteiger partial charge is 0.384 e. The minimum atomic E-state index is 0.105. The van der Waals surface area contributed by atoms with E-state index in [4.69, 9.17) is 11.1 Å². The lowest BCUT2D eigenvalue weighted by Gasteiger charge is -2.36. The number of hydrogen-bond donors (Lipinski definition) is 2. The SMILES string of the molecule is Cc1ccc(C(=N)N)c(N2CCN(CC3CC3)CC2)n1. The summed E-state index contributed by atoms with van der Waals surface area (Å²) in [5.74, 6) is 1.93. The molecule has 2 aliphatic rings. The Morgan fingerprint density at radius 2 is 2.00 bits per heavy atom. The lowest BCUT2D eigenvalue weighted by atomic mass is 10.2. The van der Waals surface area contributed by atoms with Crippen molar-refractivity contribution in [2.45, 2.75) is 19.8 Å². The van der Waals surface area contributed by atoms with Gasteiger partial charge in [0.15, 0.2) is 0 Å². The second kappa shape index (κ2) is 5.40. The van der Waals surface area contributed by atoms with Crippen LogP contribution in [0.3, 0.4) is 0 Å². The van der Waals surface area contributed by atoms with Gasteiger partial charge in [-0.15, -0.1) is 0 Å². The molecule has 5 heteroatoms. The number of aromatic nitrogens is 1. The smallest absolute Gasteiger partial charge is 0.139 e. The topological polar surface area (TPSA) is 69.2 Å². The van der Waals surface area contributed by atoms with Gasteiger partial charge in [0.2, 0.25) is 0 Å². The Hall–Kier alpha value is -1.62. The van der Waals surface area contributed by atoms with Gasteiger partial charge in [-0.3, -0.25) is 10.3 Å². The van der Waals surface area contributed by atoms with Gasteiger partial charge >= 0.3 is 0 Å². The monoisotopic (exact) mass is 273 g/mol. The Morgan fingerprint density at radius 1 is 1.30 bits per heavy atom. The van der Waals surface area contributed by atoms with E-state index in [1.165, 1.54) is 19.4 Å². The molecule has 0 unspecified atom stereocenters.